The van der Waals surface area contributed by atoms with E-state index < -0.39 is 7.32 Å². The van der Waals surface area contributed by atoms with Gasteiger partial charge in [-0.1, -0.05) is 0 Å². The maximum absolute atomic E-state index is 8.39. The molecule has 0 amide bonds. The quantitative estimate of drug-likeness (QED) is 0.442. The van der Waals surface area contributed by atoms with Gasteiger partial charge in [-0.2, -0.15) is 0 Å². The molecule has 2 N–H and O–H groups in total. The fraction of sp³-hybridized carbons (Fsp3) is 0. The Morgan fingerprint density at radius 2 is 1.73 bits per heavy atom. The van der Waals surface area contributed by atoms with Crippen molar-refractivity contribution in [3.63, 3.8) is 0 Å². The second-order valence-corrected chi connectivity index (χ2v) is 2.45. The van der Waals surface area contributed by atoms with Gasteiger partial charge in [-0.05, 0) is 24.3 Å². The van der Waals surface area contributed by atoms with E-state index in [0.29, 0.717) is 5.75 Å². The molecule has 0 heterocycles. The molecule has 1 rings (SSSR count). The number of benzene rings is 1. The van der Waals surface area contributed by atoms with Crippen LogP contribution in [0.5, 0.6) is 5.75 Å². The van der Waals surface area contributed by atoms with Crippen LogP contribution in [0.15, 0.2) is 29.2 Å². The summed E-state index contributed by atoms with van der Waals surface area (Å²) in [5.41, 5.74) is 0. The lowest BCUT2D eigenvalue weighted by atomic mass is 10.2. The fourth-order valence-corrected chi connectivity index (χ4v) is 0.795. The summed E-state index contributed by atoms with van der Waals surface area (Å²) in [6.45, 7) is 0. The average molecular weight is 170 g/mol. The summed E-state index contributed by atoms with van der Waals surface area (Å²) in [6.07, 6.45) is 0. The van der Waals surface area contributed by atoms with Crippen molar-refractivity contribution in [1.29, 1.82) is 0 Å². The Bertz CT molecular complexity index is 224. The second kappa shape index (κ2) is 3.66. The number of hydrogen-bond donors (Lipinski definition) is 3. The summed E-state index contributed by atoms with van der Waals surface area (Å²) < 4.78 is 4.55. The number of thiol groups is 1. The zero-order valence-corrected chi connectivity index (χ0v) is 6.53. The minimum atomic E-state index is -1.76. The molecule has 0 radical (unpaired) electrons. The van der Waals surface area contributed by atoms with Gasteiger partial charge in [-0.15, -0.1) is 12.6 Å². The summed E-state index contributed by atoms with van der Waals surface area (Å²) in [4.78, 5) is 0.796. The van der Waals surface area contributed by atoms with Crippen molar-refractivity contribution in [3.8, 4) is 5.75 Å². The Hall–Kier alpha value is -0.645. The molecule has 11 heavy (non-hydrogen) atoms. The Morgan fingerprint density at radius 1 is 1.18 bits per heavy atom. The summed E-state index contributed by atoms with van der Waals surface area (Å²) in [6, 6.07) is 6.59. The lowest BCUT2D eigenvalue weighted by Gasteiger charge is -2.03. The summed E-state index contributed by atoms with van der Waals surface area (Å²) >= 11 is 4.04. The lowest BCUT2D eigenvalue weighted by molar-refractivity contribution is 0.288. The van der Waals surface area contributed by atoms with E-state index in [1.807, 2.05) is 0 Å². The highest BCUT2D eigenvalue weighted by atomic mass is 32.1. The molecule has 0 spiro atoms. The molecule has 3 nitrogen and oxygen atoms in total. The van der Waals surface area contributed by atoms with Crippen molar-refractivity contribution in [3.05, 3.63) is 24.3 Å². The molecule has 0 unspecified atom stereocenters. The maximum Gasteiger partial charge on any atom is 0.707 e. The summed E-state index contributed by atoms with van der Waals surface area (Å²) in [5.74, 6) is 0.401. The van der Waals surface area contributed by atoms with Crippen molar-refractivity contribution in [1.82, 2.24) is 0 Å². The van der Waals surface area contributed by atoms with E-state index in [0.717, 1.165) is 4.90 Å². The summed E-state index contributed by atoms with van der Waals surface area (Å²) in [7, 11) is -1.76. The van der Waals surface area contributed by atoms with E-state index in [1.165, 1.54) is 0 Å². The molecule has 5 heteroatoms. The normalized spacial score (nSPS) is 9.36. The Morgan fingerprint density at radius 3 is 2.18 bits per heavy atom. The van der Waals surface area contributed by atoms with Crippen LogP contribution in [0.2, 0.25) is 0 Å². The van der Waals surface area contributed by atoms with Gasteiger partial charge in [-0.3, -0.25) is 0 Å². The van der Waals surface area contributed by atoms with Gasteiger partial charge in [0, 0.05) is 4.90 Å². The first kappa shape index (κ1) is 8.45. The van der Waals surface area contributed by atoms with Crippen LogP contribution in [0.4, 0.5) is 0 Å². The molecule has 0 aliphatic heterocycles. The van der Waals surface area contributed by atoms with Gasteiger partial charge in [0.1, 0.15) is 5.75 Å². The molecule has 0 atom stereocenters. The first-order valence-electron chi connectivity index (χ1n) is 3.00. The van der Waals surface area contributed by atoms with Crippen LogP contribution >= 0.6 is 12.6 Å². The minimum absolute atomic E-state index is 0.401. The maximum atomic E-state index is 8.39. The van der Waals surface area contributed by atoms with Gasteiger partial charge in [0.15, 0.2) is 0 Å². The van der Waals surface area contributed by atoms with Crippen LogP contribution in [0, 0.1) is 0 Å². The highest BCUT2D eigenvalue weighted by Gasteiger charge is 2.09. The first-order chi connectivity index (χ1) is 5.18. The smallest absolute Gasteiger partial charge is 0.512 e. The minimum Gasteiger partial charge on any atom is -0.512 e. The van der Waals surface area contributed by atoms with Crippen molar-refractivity contribution >= 4 is 20.0 Å². The van der Waals surface area contributed by atoms with E-state index >= 15 is 0 Å². The van der Waals surface area contributed by atoms with Crippen molar-refractivity contribution < 1.29 is 14.7 Å². The standard InChI is InChI=1S/C6H7BO3S/c8-7(9)10-5-1-3-6(11)4-2-5/h1-4,8-9,11H. The van der Waals surface area contributed by atoms with E-state index in [4.69, 9.17) is 10.0 Å². The van der Waals surface area contributed by atoms with Crippen LogP contribution in [0.1, 0.15) is 0 Å². The third kappa shape index (κ3) is 2.84. The van der Waals surface area contributed by atoms with Gasteiger partial charge in [-0.25, -0.2) is 0 Å². The zero-order valence-electron chi connectivity index (χ0n) is 5.64. The van der Waals surface area contributed by atoms with Gasteiger partial charge in [0.25, 0.3) is 0 Å². The molecule has 58 valence electrons. The Balaban J connectivity index is 2.66. The van der Waals surface area contributed by atoms with Crippen LogP contribution in [-0.2, 0) is 0 Å². The number of hydrogen-bond acceptors (Lipinski definition) is 4. The van der Waals surface area contributed by atoms with Gasteiger partial charge < -0.3 is 14.7 Å². The largest absolute Gasteiger partial charge is 0.707 e. The molecule has 0 fully saturated rings. The van der Waals surface area contributed by atoms with Crippen molar-refractivity contribution in [2.45, 2.75) is 4.90 Å². The molecular formula is C6H7BO3S. The highest BCUT2D eigenvalue weighted by Crippen LogP contribution is 2.13. The van der Waals surface area contributed by atoms with Crippen molar-refractivity contribution in [2.24, 2.45) is 0 Å². The van der Waals surface area contributed by atoms with E-state index in [2.05, 4.69) is 17.3 Å². The van der Waals surface area contributed by atoms with Crippen LogP contribution < -0.4 is 4.65 Å². The molecule has 1 aromatic carbocycles. The monoisotopic (exact) mass is 170 g/mol. The summed E-state index contributed by atoms with van der Waals surface area (Å²) in [5, 5.41) is 16.8. The third-order valence-electron chi connectivity index (χ3n) is 1.08. The molecule has 1 aromatic rings. The van der Waals surface area contributed by atoms with E-state index in [9.17, 15) is 0 Å². The van der Waals surface area contributed by atoms with E-state index in [-0.39, 0.29) is 0 Å². The fourth-order valence-electron chi connectivity index (χ4n) is 0.646. The van der Waals surface area contributed by atoms with Gasteiger partial charge >= 0.3 is 7.32 Å². The van der Waals surface area contributed by atoms with Crippen LogP contribution in [0.3, 0.4) is 0 Å². The second-order valence-electron chi connectivity index (χ2n) is 1.94. The molecule has 0 saturated carbocycles. The molecule has 0 aliphatic carbocycles. The first-order valence-corrected chi connectivity index (χ1v) is 3.45. The average Bonchev–Trinajstić information content (AvgIpc) is 1.93. The van der Waals surface area contributed by atoms with E-state index in [1.54, 1.807) is 24.3 Å². The highest BCUT2D eigenvalue weighted by molar-refractivity contribution is 7.80. The predicted octanol–water partition coefficient (Wildman–Crippen LogP) is 0.324. The lowest BCUT2D eigenvalue weighted by Crippen LogP contribution is -2.20. The van der Waals surface area contributed by atoms with Gasteiger partial charge in [0.05, 0.1) is 0 Å². The number of rotatable bonds is 2. The molecule has 0 aromatic heterocycles. The van der Waals surface area contributed by atoms with Crippen molar-refractivity contribution in [2.75, 3.05) is 0 Å². The molecule has 0 aliphatic rings. The molecule has 0 bridgehead atoms. The topological polar surface area (TPSA) is 49.7 Å². The Kier molecular flexibility index (Phi) is 2.81. The van der Waals surface area contributed by atoms with Gasteiger partial charge in [0.2, 0.25) is 0 Å². The predicted molar refractivity (Wildman–Crippen MR) is 44.5 cm³/mol. The Labute approximate surface area is 70.2 Å². The third-order valence-corrected chi connectivity index (χ3v) is 1.38. The van der Waals surface area contributed by atoms with Crippen LogP contribution in [0.25, 0.3) is 0 Å². The van der Waals surface area contributed by atoms with Crippen LogP contribution in [-0.4, -0.2) is 17.4 Å². The molecule has 0 saturated heterocycles. The molecular weight excluding hydrogens is 163 g/mol. The SMILES string of the molecule is OB(O)Oc1ccc(S)cc1. The zero-order chi connectivity index (χ0) is 8.27.